The number of aliphatic hydroxyl groups is 1. The molecule has 5 rings (SSSR count). The lowest BCUT2D eigenvalue weighted by atomic mass is 10.0. The maximum Gasteiger partial charge on any atom is 0.278 e. The number of aliphatic hydroxyl groups excluding tert-OH is 1. The van der Waals surface area contributed by atoms with Crippen LogP contribution >= 0.6 is 23.2 Å². The molecule has 0 aliphatic carbocycles. The molecule has 0 bridgehead atoms. The zero-order valence-electron chi connectivity index (χ0n) is 18.3. The molecule has 1 amide bonds. The van der Waals surface area contributed by atoms with Crippen molar-refractivity contribution in [3.05, 3.63) is 50.4 Å². The first-order chi connectivity index (χ1) is 16.4. The largest absolute Gasteiger partial charge is 0.392 e. The minimum atomic E-state index is -0.468. The molecule has 2 aromatic heterocycles. The van der Waals surface area contributed by atoms with Crippen LogP contribution in [0.15, 0.2) is 29.2 Å². The van der Waals surface area contributed by atoms with Gasteiger partial charge >= 0.3 is 0 Å². The number of rotatable bonds is 5. The number of piperidine rings is 1. The van der Waals surface area contributed by atoms with Crippen molar-refractivity contribution in [1.29, 1.82) is 0 Å². The Bertz CT molecular complexity index is 1270. The fourth-order valence-corrected chi connectivity index (χ4v) is 4.94. The number of benzene rings is 1. The van der Waals surface area contributed by atoms with E-state index in [0.717, 1.165) is 5.56 Å². The van der Waals surface area contributed by atoms with Crippen LogP contribution in [0.5, 0.6) is 0 Å². The second-order valence-corrected chi connectivity index (χ2v) is 9.56. The second kappa shape index (κ2) is 9.53. The van der Waals surface area contributed by atoms with E-state index >= 15 is 0 Å². The number of halogens is 2. The zero-order valence-corrected chi connectivity index (χ0v) is 19.8. The minimum Gasteiger partial charge on any atom is -0.392 e. The Labute approximate surface area is 205 Å². The molecule has 2 atom stereocenters. The summed E-state index contributed by atoms with van der Waals surface area (Å²) in [4.78, 5) is 34.7. The summed E-state index contributed by atoms with van der Waals surface area (Å²) < 4.78 is 1.73. The smallest absolute Gasteiger partial charge is 0.278 e. The number of β-amino-alcohol motifs (C(OH)–C–C–N with tert-alkyl or cyclic N) is 1. The number of hydrogen-bond donors (Lipinski definition) is 4. The second-order valence-electron chi connectivity index (χ2n) is 8.75. The summed E-state index contributed by atoms with van der Waals surface area (Å²) in [6.45, 7) is 2.02. The number of amides is 1. The molecule has 3 aromatic rings. The first kappa shape index (κ1) is 23.1. The van der Waals surface area contributed by atoms with Gasteiger partial charge < -0.3 is 20.6 Å². The van der Waals surface area contributed by atoms with Crippen LogP contribution in [0.25, 0.3) is 11.0 Å². The lowest BCUT2D eigenvalue weighted by Crippen LogP contribution is -2.47. The number of nitrogens with zero attached hydrogens (tertiary/aromatic N) is 4. The molecular formula is C22H25Cl2N7O3. The van der Waals surface area contributed by atoms with E-state index < -0.39 is 6.10 Å². The number of aromatic amines is 1. The summed E-state index contributed by atoms with van der Waals surface area (Å²) >= 11 is 12.0. The topological polar surface area (TPSA) is 128 Å². The number of nitrogens with one attached hydrogen (secondary N) is 3. The first-order valence-corrected chi connectivity index (χ1v) is 12.0. The normalized spacial score (nSPS) is 21.3. The van der Waals surface area contributed by atoms with Crippen LogP contribution in [0, 0.1) is 0 Å². The van der Waals surface area contributed by atoms with Gasteiger partial charge in [0.05, 0.1) is 34.4 Å². The van der Waals surface area contributed by atoms with Gasteiger partial charge in [-0.2, -0.15) is 5.10 Å². The third-order valence-electron chi connectivity index (χ3n) is 6.43. The maximum absolute atomic E-state index is 12.9. The van der Waals surface area contributed by atoms with E-state index in [1.54, 1.807) is 23.0 Å². The van der Waals surface area contributed by atoms with Crippen molar-refractivity contribution >= 4 is 46.1 Å². The van der Waals surface area contributed by atoms with Crippen LogP contribution in [0.3, 0.4) is 0 Å². The molecule has 12 heteroatoms. The predicted octanol–water partition coefficient (Wildman–Crippen LogP) is 1.92. The average molecular weight is 506 g/mol. The summed E-state index contributed by atoms with van der Waals surface area (Å²) in [5.74, 6) is 0.368. The zero-order chi connectivity index (χ0) is 23.8. The van der Waals surface area contributed by atoms with Gasteiger partial charge in [-0.25, -0.2) is 4.98 Å². The van der Waals surface area contributed by atoms with Crippen molar-refractivity contribution in [2.75, 3.05) is 25.0 Å². The summed E-state index contributed by atoms with van der Waals surface area (Å²) in [6, 6.07) is 5.00. The quantitative estimate of drug-likeness (QED) is 0.416. The molecule has 10 nitrogen and oxygen atoms in total. The molecule has 0 saturated carbocycles. The number of hydrogen-bond acceptors (Lipinski definition) is 7. The molecule has 180 valence electrons. The van der Waals surface area contributed by atoms with E-state index in [1.807, 2.05) is 11.0 Å². The van der Waals surface area contributed by atoms with Crippen molar-refractivity contribution in [1.82, 2.24) is 30.0 Å². The fraction of sp³-hybridized carbons (Fsp3) is 0.455. The van der Waals surface area contributed by atoms with E-state index in [9.17, 15) is 14.7 Å². The van der Waals surface area contributed by atoms with Crippen LogP contribution in [0.1, 0.15) is 30.9 Å². The first-order valence-electron chi connectivity index (χ1n) is 11.2. The van der Waals surface area contributed by atoms with E-state index in [4.69, 9.17) is 23.2 Å². The van der Waals surface area contributed by atoms with Gasteiger partial charge in [0.2, 0.25) is 11.9 Å². The van der Waals surface area contributed by atoms with Crippen molar-refractivity contribution in [2.45, 2.75) is 44.0 Å². The number of anilines is 1. The third kappa shape index (κ3) is 4.63. The highest BCUT2D eigenvalue weighted by atomic mass is 35.5. The lowest BCUT2D eigenvalue weighted by Gasteiger charge is -2.33. The van der Waals surface area contributed by atoms with E-state index in [0.29, 0.717) is 72.5 Å². The van der Waals surface area contributed by atoms with Crippen LogP contribution in [0.4, 0.5) is 5.95 Å². The number of fused-ring (bicyclic) bond motifs is 1. The number of H-pyrrole nitrogens is 1. The lowest BCUT2D eigenvalue weighted by molar-refractivity contribution is -0.134. The van der Waals surface area contributed by atoms with Gasteiger partial charge in [0.15, 0.2) is 5.52 Å². The summed E-state index contributed by atoms with van der Waals surface area (Å²) in [5, 5.41) is 21.2. The minimum absolute atomic E-state index is 0.00148. The van der Waals surface area contributed by atoms with Gasteiger partial charge in [0.25, 0.3) is 5.56 Å². The van der Waals surface area contributed by atoms with Crippen LogP contribution in [0.2, 0.25) is 10.0 Å². The standard InChI is InChI=1S/C22H25Cl2N7O3/c23-15-2-1-12(7-16(15)24)9-26-22-28-18-11-27-31(19(18)20(33)29-22)13-3-5-30(6-4-13)21(34)17-8-14(32)10-25-17/h1-2,7,11,13-14,17,25,32H,3-6,8-10H2,(H2,26,28,29,33)/t14-,17-/m0/s1. The Morgan fingerprint density at radius 1 is 1.24 bits per heavy atom. The third-order valence-corrected chi connectivity index (χ3v) is 7.17. The van der Waals surface area contributed by atoms with Crippen LogP contribution in [-0.4, -0.2) is 67.4 Å². The SMILES string of the molecule is O=C([C@@H]1C[C@H](O)CN1)N1CCC(n2ncc3nc(NCc4ccc(Cl)c(Cl)c4)[nH]c(=O)c32)CC1. The Hall–Kier alpha value is -2.66. The molecule has 2 aliphatic heterocycles. The highest BCUT2D eigenvalue weighted by Crippen LogP contribution is 2.26. The maximum atomic E-state index is 12.9. The molecule has 34 heavy (non-hydrogen) atoms. The van der Waals surface area contributed by atoms with E-state index in [1.165, 1.54) is 0 Å². The van der Waals surface area contributed by atoms with Crippen molar-refractivity contribution in [3.8, 4) is 0 Å². The Morgan fingerprint density at radius 3 is 2.74 bits per heavy atom. The molecule has 4 heterocycles. The summed E-state index contributed by atoms with van der Waals surface area (Å²) in [6.07, 6.45) is 2.95. The molecule has 2 fully saturated rings. The molecule has 0 radical (unpaired) electrons. The van der Waals surface area contributed by atoms with E-state index in [2.05, 4.69) is 25.7 Å². The Balaban J connectivity index is 1.26. The van der Waals surface area contributed by atoms with Crippen molar-refractivity contribution in [2.24, 2.45) is 0 Å². The molecule has 2 saturated heterocycles. The van der Waals surface area contributed by atoms with Gasteiger partial charge in [-0.1, -0.05) is 29.3 Å². The number of aromatic nitrogens is 4. The molecule has 2 aliphatic rings. The van der Waals surface area contributed by atoms with Crippen LogP contribution in [-0.2, 0) is 11.3 Å². The predicted molar refractivity (Wildman–Crippen MR) is 129 cm³/mol. The van der Waals surface area contributed by atoms with Crippen LogP contribution < -0.4 is 16.2 Å². The van der Waals surface area contributed by atoms with Gasteiger partial charge in [-0.15, -0.1) is 0 Å². The molecular weight excluding hydrogens is 481 g/mol. The fourth-order valence-electron chi connectivity index (χ4n) is 4.62. The Morgan fingerprint density at radius 2 is 2.03 bits per heavy atom. The summed E-state index contributed by atoms with van der Waals surface area (Å²) in [7, 11) is 0. The number of carbonyl (C=O) groups excluding carboxylic acids is 1. The highest BCUT2D eigenvalue weighted by molar-refractivity contribution is 6.42. The molecule has 4 N–H and O–H groups in total. The molecule has 0 spiro atoms. The highest BCUT2D eigenvalue weighted by Gasteiger charge is 2.34. The van der Waals surface area contributed by atoms with Crippen molar-refractivity contribution < 1.29 is 9.90 Å². The van der Waals surface area contributed by atoms with E-state index in [-0.39, 0.29) is 23.6 Å². The van der Waals surface area contributed by atoms with Gasteiger partial charge in [-0.3, -0.25) is 19.3 Å². The molecule has 1 aromatic carbocycles. The van der Waals surface area contributed by atoms with Gasteiger partial charge in [0.1, 0.15) is 5.52 Å². The number of likely N-dealkylation sites (tertiary alicyclic amines) is 1. The summed E-state index contributed by atoms with van der Waals surface area (Å²) in [5.41, 5.74) is 1.55. The van der Waals surface area contributed by atoms with Crippen molar-refractivity contribution in [3.63, 3.8) is 0 Å². The van der Waals surface area contributed by atoms with Gasteiger partial charge in [0, 0.05) is 26.2 Å². The number of carbonyl (C=O) groups is 1. The molecule has 0 unspecified atom stereocenters. The monoisotopic (exact) mass is 505 g/mol. The average Bonchev–Trinajstić information content (AvgIpc) is 3.46. The Kier molecular flexibility index (Phi) is 6.48. The van der Waals surface area contributed by atoms with Gasteiger partial charge in [-0.05, 0) is 37.0 Å².